The van der Waals surface area contributed by atoms with E-state index < -0.39 is 6.10 Å². The summed E-state index contributed by atoms with van der Waals surface area (Å²) in [6, 6.07) is 0. The summed E-state index contributed by atoms with van der Waals surface area (Å²) in [6.07, 6.45) is 4.59. The van der Waals surface area contributed by atoms with Crippen LogP contribution >= 0.6 is 0 Å². The van der Waals surface area contributed by atoms with Crippen molar-refractivity contribution in [3.63, 3.8) is 0 Å². The molecular weight excluding hydrogens is 270 g/mol. The molecule has 2 heterocycles. The molecule has 0 aliphatic rings. The second kappa shape index (κ2) is 6.98. The van der Waals surface area contributed by atoms with E-state index in [1.807, 2.05) is 20.8 Å². The van der Waals surface area contributed by atoms with Crippen LogP contribution in [-0.4, -0.2) is 48.8 Å². The molecule has 0 saturated heterocycles. The van der Waals surface area contributed by atoms with E-state index in [4.69, 9.17) is 0 Å². The quantitative estimate of drug-likeness (QED) is 0.697. The van der Waals surface area contributed by atoms with Crippen LogP contribution < -0.4 is 10.6 Å². The Morgan fingerprint density at radius 1 is 1.19 bits per heavy atom. The molecule has 0 bridgehead atoms. The minimum atomic E-state index is -0.457. The van der Waals surface area contributed by atoms with Gasteiger partial charge in [-0.2, -0.15) is 15.0 Å². The fourth-order valence-electron chi connectivity index (χ4n) is 1.61. The summed E-state index contributed by atoms with van der Waals surface area (Å²) in [5.74, 6) is 1.54. The van der Waals surface area contributed by atoms with Crippen molar-refractivity contribution in [3.05, 3.63) is 18.7 Å². The van der Waals surface area contributed by atoms with E-state index in [0.717, 1.165) is 0 Å². The van der Waals surface area contributed by atoms with E-state index in [1.165, 1.54) is 0 Å². The maximum atomic E-state index is 9.85. The van der Waals surface area contributed by atoms with Gasteiger partial charge in [-0.15, -0.1) is 0 Å². The van der Waals surface area contributed by atoms with Crippen LogP contribution in [0.4, 0.5) is 11.9 Å². The van der Waals surface area contributed by atoms with Crippen LogP contribution in [0.3, 0.4) is 0 Å². The van der Waals surface area contributed by atoms with E-state index in [-0.39, 0.29) is 5.92 Å². The van der Waals surface area contributed by atoms with Gasteiger partial charge in [0.2, 0.25) is 17.8 Å². The number of nitrogens with zero attached hydrogens (tertiary/aromatic N) is 5. The average molecular weight is 291 g/mol. The minimum absolute atomic E-state index is 0.167. The Morgan fingerprint density at radius 2 is 1.90 bits per heavy atom. The van der Waals surface area contributed by atoms with Crippen molar-refractivity contribution in [1.82, 2.24) is 24.5 Å². The molecule has 2 aromatic heterocycles. The first-order valence-electron chi connectivity index (χ1n) is 7.00. The molecule has 3 N–H and O–H groups in total. The van der Waals surface area contributed by atoms with Gasteiger partial charge in [-0.25, -0.2) is 4.98 Å². The summed E-state index contributed by atoms with van der Waals surface area (Å²) in [5.41, 5.74) is 0. The Balaban J connectivity index is 2.19. The molecule has 1 atom stereocenters. The van der Waals surface area contributed by atoms with Crippen LogP contribution in [0, 0.1) is 5.92 Å². The first kappa shape index (κ1) is 15.2. The van der Waals surface area contributed by atoms with E-state index in [2.05, 4.69) is 30.6 Å². The number of hydrogen-bond acceptors (Lipinski definition) is 7. The third kappa shape index (κ3) is 4.12. The van der Waals surface area contributed by atoms with Crippen molar-refractivity contribution in [2.45, 2.75) is 26.9 Å². The minimum Gasteiger partial charge on any atom is -0.391 e. The van der Waals surface area contributed by atoms with Gasteiger partial charge in [0.25, 0.3) is 0 Å². The topological polar surface area (TPSA) is 101 Å². The van der Waals surface area contributed by atoms with Crippen LogP contribution in [0.2, 0.25) is 0 Å². The maximum absolute atomic E-state index is 9.85. The SMILES string of the molecule is CCNc1nc(NCC(O)C(C)C)nc(-n2ccnc2)n1. The maximum Gasteiger partial charge on any atom is 0.241 e. The smallest absolute Gasteiger partial charge is 0.241 e. The Kier molecular flexibility index (Phi) is 5.04. The second-order valence-corrected chi connectivity index (χ2v) is 4.98. The molecule has 21 heavy (non-hydrogen) atoms. The largest absolute Gasteiger partial charge is 0.391 e. The number of aromatic nitrogens is 5. The van der Waals surface area contributed by atoms with Crippen molar-refractivity contribution in [1.29, 1.82) is 0 Å². The average Bonchev–Trinajstić information content (AvgIpc) is 2.99. The molecule has 0 aliphatic carbocycles. The molecule has 0 fully saturated rings. The fourth-order valence-corrected chi connectivity index (χ4v) is 1.61. The van der Waals surface area contributed by atoms with Crippen LogP contribution in [-0.2, 0) is 0 Å². The number of anilines is 2. The lowest BCUT2D eigenvalue weighted by atomic mass is 10.1. The van der Waals surface area contributed by atoms with Crippen molar-refractivity contribution >= 4 is 11.9 Å². The predicted octanol–water partition coefficient (Wildman–Crippen LogP) is 0.918. The normalized spacial score (nSPS) is 12.4. The Morgan fingerprint density at radius 3 is 2.48 bits per heavy atom. The molecule has 2 rings (SSSR count). The summed E-state index contributed by atoms with van der Waals surface area (Å²) in [4.78, 5) is 16.9. The zero-order valence-corrected chi connectivity index (χ0v) is 12.5. The summed E-state index contributed by atoms with van der Waals surface area (Å²) in [6.45, 7) is 6.98. The summed E-state index contributed by atoms with van der Waals surface area (Å²) >= 11 is 0. The highest BCUT2D eigenvalue weighted by Crippen LogP contribution is 2.10. The Labute approximate surface area is 123 Å². The number of imidazole rings is 1. The molecule has 8 heteroatoms. The third-order valence-corrected chi connectivity index (χ3v) is 2.93. The number of aliphatic hydroxyl groups excluding tert-OH is 1. The highest BCUT2D eigenvalue weighted by molar-refractivity contribution is 5.38. The molecule has 0 aliphatic heterocycles. The molecule has 1 unspecified atom stereocenters. The van der Waals surface area contributed by atoms with Crippen LogP contribution in [0.25, 0.3) is 5.95 Å². The number of hydrogen-bond donors (Lipinski definition) is 3. The van der Waals surface area contributed by atoms with Gasteiger partial charge < -0.3 is 15.7 Å². The zero-order chi connectivity index (χ0) is 15.2. The van der Waals surface area contributed by atoms with E-state index in [9.17, 15) is 5.11 Å². The first-order chi connectivity index (χ1) is 10.1. The van der Waals surface area contributed by atoms with Crippen molar-refractivity contribution < 1.29 is 5.11 Å². The third-order valence-electron chi connectivity index (χ3n) is 2.93. The van der Waals surface area contributed by atoms with Crippen LogP contribution in [0.15, 0.2) is 18.7 Å². The van der Waals surface area contributed by atoms with Gasteiger partial charge in [0.1, 0.15) is 6.33 Å². The highest BCUT2D eigenvalue weighted by Gasteiger charge is 2.11. The van der Waals surface area contributed by atoms with Gasteiger partial charge in [-0.05, 0) is 12.8 Å². The number of rotatable bonds is 7. The summed E-state index contributed by atoms with van der Waals surface area (Å²) in [7, 11) is 0. The standard InChI is InChI=1S/C13H21N7O/c1-4-15-11-17-12(16-7-10(21)9(2)3)19-13(18-11)20-6-5-14-8-20/h5-6,8-10,21H,4,7H2,1-3H3,(H2,15,16,17,18,19). The Hall–Kier alpha value is -2.22. The number of aliphatic hydroxyl groups is 1. The monoisotopic (exact) mass is 291 g/mol. The number of nitrogens with one attached hydrogen (secondary N) is 2. The van der Waals surface area contributed by atoms with E-state index >= 15 is 0 Å². The molecule has 0 saturated carbocycles. The van der Waals surface area contributed by atoms with Gasteiger partial charge in [0, 0.05) is 25.5 Å². The first-order valence-corrected chi connectivity index (χ1v) is 7.00. The second-order valence-electron chi connectivity index (χ2n) is 4.98. The molecule has 0 amide bonds. The lowest BCUT2D eigenvalue weighted by Gasteiger charge is -2.15. The fraction of sp³-hybridized carbons (Fsp3) is 0.538. The summed E-state index contributed by atoms with van der Waals surface area (Å²) in [5, 5.41) is 16.0. The van der Waals surface area contributed by atoms with Gasteiger partial charge in [0.05, 0.1) is 6.10 Å². The molecule has 0 aromatic carbocycles. The van der Waals surface area contributed by atoms with Gasteiger partial charge >= 0.3 is 0 Å². The van der Waals surface area contributed by atoms with Crippen molar-refractivity contribution in [2.75, 3.05) is 23.7 Å². The van der Waals surface area contributed by atoms with Crippen molar-refractivity contribution in [3.8, 4) is 5.95 Å². The summed E-state index contributed by atoms with van der Waals surface area (Å²) < 4.78 is 1.70. The molecule has 0 radical (unpaired) electrons. The lowest BCUT2D eigenvalue weighted by Crippen LogP contribution is -2.26. The Bertz CT molecular complexity index is 556. The zero-order valence-electron chi connectivity index (χ0n) is 12.5. The molecule has 8 nitrogen and oxygen atoms in total. The molecule has 2 aromatic rings. The molecule has 0 spiro atoms. The lowest BCUT2D eigenvalue weighted by molar-refractivity contribution is 0.137. The van der Waals surface area contributed by atoms with Crippen molar-refractivity contribution in [2.24, 2.45) is 5.92 Å². The predicted molar refractivity (Wildman–Crippen MR) is 80.4 cm³/mol. The van der Waals surface area contributed by atoms with Crippen LogP contribution in [0.5, 0.6) is 0 Å². The highest BCUT2D eigenvalue weighted by atomic mass is 16.3. The van der Waals surface area contributed by atoms with Gasteiger partial charge in [0.15, 0.2) is 0 Å². The van der Waals surface area contributed by atoms with E-state index in [0.29, 0.717) is 30.9 Å². The van der Waals surface area contributed by atoms with E-state index in [1.54, 1.807) is 23.3 Å². The van der Waals surface area contributed by atoms with Gasteiger partial charge in [-0.1, -0.05) is 13.8 Å². The van der Waals surface area contributed by atoms with Crippen LogP contribution in [0.1, 0.15) is 20.8 Å². The molecular formula is C13H21N7O. The molecule has 114 valence electrons. The van der Waals surface area contributed by atoms with Gasteiger partial charge in [-0.3, -0.25) is 4.57 Å².